The summed E-state index contributed by atoms with van der Waals surface area (Å²) in [7, 11) is 0. The van der Waals surface area contributed by atoms with Gasteiger partial charge in [-0.1, -0.05) is 17.7 Å². The number of nitrogens with zero attached hydrogens (tertiary/aromatic N) is 2. The van der Waals surface area contributed by atoms with Crippen molar-refractivity contribution in [3.05, 3.63) is 47.0 Å². The van der Waals surface area contributed by atoms with Gasteiger partial charge in [0, 0.05) is 0 Å². The normalized spacial score (nSPS) is 10.2. The number of benzene rings is 1. The summed E-state index contributed by atoms with van der Waals surface area (Å²) >= 11 is 6.00. The van der Waals surface area contributed by atoms with Crippen molar-refractivity contribution in [3.8, 4) is 5.75 Å². The molecule has 0 aliphatic carbocycles. The third-order valence-corrected chi connectivity index (χ3v) is 2.48. The van der Waals surface area contributed by atoms with Crippen LogP contribution in [-0.4, -0.2) is 9.97 Å². The molecule has 4 nitrogen and oxygen atoms in total. The minimum atomic E-state index is 0.267. The Morgan fingerprint density at radius 2 is 2.00 bits per heavy atom. The van der Waals surface area contributed by atoms with Crippen LogP contribution < -0.4 is 10.5 Å². The van der Waals surface area contributed by atoms with Crippen molar-refractivity contribution in [2.24, 2.45) is 0 Å². The number of nitrogens with two attached hydrogens (primary N) is 1. The second kappa shape index (κ2) is 5.01. The van der Waals surface area contributed by atoms with Gasteiger partial charge in [-0.15, -0.1) is 0 Å². The van der Waals surface area contributed by atoms with E-state index in [4.69, 9.17) is 22.1 Å². The lowest BCUT2D eigenvalue weighted by molar-refractivity contribution is 0.296. The van der Waals surface area contributed by atoms with Crippen LogP contribution in [0.4, 0.5) is 5.69 Å². The average molecular weight is 250 g/mol. The van der Waals surface area contributed by atoms with Gasteiger partial charge in [-0.2, -0.15) is 0 Å². The Hall–Kier alpha value is -1.81. The quantitative estimate of drug-likeness (QED) is 0.908. The molecule has 0 bridgehead atoms. The zero-order chi connectivity index (χ0) is 12.3. The third kappa shape index (κ3) is 3.07. The van der Waals surface area contributed by atoms with Crippen molar-refractivity contribution in [1.29, 1.82) is 0 Å². The summed E-state index contributed by atoms with van der Waals surface area (Å²) < 4.78 is 5.55. The molecule has 1 aromatic heterocycles. The fourth-order valence-corrected chi connectivity index (χ4v) is 1.47. The van der Waals surface area contributed by atoms with Crippen LogP contribution in [0.15, 0.2) is 30.6 Å². The van der Waals surface area contributed by atoms with Gasteiger partial charge in [0.2, 0.25) is 0 Å². The highest BCUT2D eigenvalue weighted by Gasteiger charge is 2.03. The van der Waals surface area contributed by atoms with E-state index in [1.165, 1.54) is 0 Å². The molecule has 0 aliphatic rings. The Morgan fingerprint density at radius 3 is 2.71 bits per heavy atom. The first-order chi connectivity index (χ1) is 8.15. The van der Waals surface area contributed by atoms with Gasteiger partial charge in [0.25, 0.3) is 0 Å². The van der Waals surface area contributed by atoms with Gasteiger partial charge in [0.05, 0.1) is 23.1 Å². The monoisotopic (exact) mass is 249 g/mol. The molecule has 0 spiro atoms. The van der Waals surface area contributed by atoms with Gasteiger partial charge in [-0.05, 0) is 24.6 Å². The lowest BCUT2D eigenvalue weighted by atomic mass is 10.2. The summed E-state index contributed by atoms with van der Waals surface area (Å²) in [6.45, 7) is 2.24. The molecule has 88 valence electrons. The Kier molecular flexibility index (Phi) is 3.44. The molecule has 2 N–H and O–H groups in total. The second-order valence-corrected chi connectivity index (χ2v) is 4.06. The zero-order valence-corrected chi connectivity index (χ0v) is 10.1. The Morgan fingerprint density at radius 1 is 1.29 bits per heavy atom. The number of nitrogen functional groups attached to an aromatic ring is 1. The van der Waals surface area contributed by atoms with Crippen LogP contribution in [0.5, 0.6) is 5.75 Å². The molecule has 0 atom stereocenters. The smallest absolute Gasteiger partial charge is 0.166 e. The summed E-state index contributed by atoms with van der Waals surface area (Å²) in [5, 5.41) is 0.575. The van der Waals surface area contributed by atoms with Gasteiger partial charge < -0.3 is 10.5 Å². The fourth-order valence-electron chi connectivity index (χ4n) is 1.30. The molecule has 0 amide bonds. The van der Waals surface area contributed by atoms with E-state index in [1.807, 2.05) is 19.1 Å². The Bertz CT molecular complexity index is 514. The molecular weight excluding hydrogens is 238 g/mol. The number of hydrogen-bond acceptors (Lipinski definition) is 4. The van der Waals surface area contributed by atoms with Crippen molar-refractivity contribution in [1.82, 2.24) is 9.97 Å². The summed E-state index contributed by atoms with van der Waals surface area (Å²) in [5.74, 6) is 1.20. The van der Waals surface area contributed by atoms with E-state index < -0.39 is 0 Å². The summed E-state index contributed by atoms with van der Waals surface area (Å²) in [4.78, 5) is 8.08. The first-order valence-corrected chi connectivity index (χ1v) is 5.48. The van der Waals surface area contributed by atoms with Gasteiger partial charge in [-0.25, -0.2) is 9.97 Å². The molecule has 1 aromatic carbocycles. The van der Waals surface area contributed by atoms with Gasteiger partial charge >= 0.3 is 0 Å². The first-order valence-electron chi connectivity index (χ1n) is 5.10. The molecule has 0 fully saturated rings. The fraction of sp³-hybridized carbons (Fsp3) is 0.167. The van der Waals surface area contributed by atoms with E-state index in [1.54, 1.807) is 18.5 Å². The van der Waals surface area contributed by atoms with E-state index in [9.17, 15) is 0 Å². The van der Waals surface area contributed by atoms with Crippen molar-refractivity contribution >= 4 is 17.3 Å². The molecule has 0 saturated carbocycles. The molecule has 0 aliphatic heterocycles. The average Bonchev–Trinajstić information content (AvgIpc) is 2.32. The molecule has 0 radical (unpaired) electrons. The van der Waals surface area contributed by atoms with Crippen LogP contribution in [0, 0.1) is 6.92 Å². The van der Waals surface area contributed by atoms with Crippen LogP contribution in [0.3, 0.4) is 0 Å². The minimum absolute atomic E-state index is 0.267. The standard InChI is InChI=1S/C12H12ClN3O/c1-8-2-3-10(13)11(4-8)17-7-12-15-5-9(14)6-16-12/h2-6H,7,14H2,1H3. The predicted molar refractivity (Wildman–Crippen MR) is 67.0 cm³/mol. The number of rotatable bonds is 3. The van der Waals surface area contributed by atoms with Crippen LogP contribution in [0.2, 0.25) is 5.02 Å². The first kappa shape index (κ1) is 11.7. The number of aryl methyl sites for hydroxylation is 1. The number of halogens is 1. The molecule has 2 rings (SSSR count). The maximum absolute atomic E-state index is 6.00. The largest absolute Gasteiger partial charge is 0.484 e. The second-order valence-electron chi connectivity index (χ2n) is 3.66. The van der Waals surface area contributed by atoms with Crippen molar-refractivity contribution in [3.63, 3.8) is 0 Å². The zero-order valence-electron chi connectivity index (χ0n) is 9.35. The maximum atomic E-state index is 6.00. The van der Waals surface area contributed by atoms with Crippen molar-refractivity contribution < 1.29 is 4.74 Å². The van der Waals surface area contributed by atoms with E-state index >= 15 is 0 Å². The number of aromatic nitrogens is 2. The van der Waals surface area contributed by atoms with Crippen LogP contribution in [0.25, 0.3) is 0 Å². The molecule has 2 aromatic rings. The number of ether oxygens (including phenoxy) is 1. The molecule has 5 heteroatoms. The molecule has 17 heavy (non-hydrogen) atoms. The molecule has 0 saturated heterocycles. The molecule has 1 heterocycles. The minimum Gasteiger partial charge on any atom is -0.484 e. The lowest BCUT2D eigenvalue weighted by Crippen LogP contribution is -2.02. The third-order valence-electron chi connectivity index (χ3n) is 2.17. The van der Waals surface area contributed by atoms with E-state index in [-0.39, 0.29) is 6.61 Å². The SMILES string of the molecule is Cc1ccc(Cl)c(OCc2ncc(N)cn2)c1. The van der Waals surface area contributed by atoms with E-state index in [2.05, 4.69) is 9.97 Å². The molecular formula is C12H12ClN3O. The predicted octanol–water partition coefficient (Wildman–Crippen LogP) is 2.60. The summed E-state index contributed by atoms with van der Waals surface area (Å²) in [5.41, 5.74) is 7.11. The maximum Gasteiger partial charge on any atom is 0.166 e. The van der Waals surface area contributed by atoms with Gasteiger partial charge in [0.1, 0.15) is 12.4 Å². The van der Waals surface area contributed by atoms with Crippen LogP contribution in [-0.2, 0) is 6.61 Å². The number of hydrogen-bond donors (Lipinski definition) is 1. The Labute approximate surface area is 104 Å². The summed E-state index contributed by atoms with van der Waals surface area (Å²) in [6, 6.07) is 5.60. The van der Waals surface area contributed by atoms with Crippen molar-refractivity contribution in [2.75, 3.05) is 5.73 Å². The van der Waals surface area contributed by atoms with Gasteiger partial charge in [0.15, 0.2) is 5.82 Å². The van der Waals surface area contributed by atoms with Crippen molar-refractivity contribution in [2.45, 2.75) is 13.5 Å². The van der Waals surface area contributed by atoms with Gasteiger partial charge in [-0.3, -0.25) is 0 Å². The van der Waals surface area contributed by atoms with E-state index in [0.29, 0.717) is 22.3 Å². The van der Waals surface area contributed by atoms with Crippen LogP contribution >= 0.6 is 11.6 Å². The topological polar surface area (TPSA) is 61.0 Å². The number of anilines is 1. The van der Waals surface area contributed by atoms with Crippen LogP contribution in [0.1, 0.15) is 11.4 Å². The van der Waals surface area contributed by atoms with E-state index in [0.717, 1.165) is 5.56 Å². The highest BCUT2D eigenvalue weighted by molar-refractivity contribution is 6.32. The summed E-state index contributed by atoms with van der Waals surface area (Å²) in [6.07, 6.45) is 3.09. The highest BCUT2D eigenvalue weighted by Crippen LogP contribution is 2.25. The Balaban J connectivity index is 2.07. The lowest BCUT2D eigenvalue weighted by Gasteiger charge is -2.07. The molecule has 0 unspecified atom stereocenters. The highest BCUT2D eigenvalue weighted by atomic mass is 35.5.